The molecule has 2 aromatic heterocycles. The summed E-state index contributed by atoms with van der Waals surface area (Å²) in [6, 6.07) is 1.77. The Balaban J connectivity index is 2.53. The summed E-state index contributed by atoms with van der Waals surface area (Å²) in [4.78, 5) is 18.1. The molecule has 0 aliphatic rings. The Morgan fingerprint density at radius 2 is 2.40 bits per heavy atom. The molecular formula is C10H14N4O. The Bertz CT molecular complexity index is 526. The van der Waals surface area contributed by atoms with Crippen LogP contribution < -0.4 is 11.3 Å². The number of aromatic nitrogens is 3. The van der Waals surface area contributed by atoms with E-state index in [1.54, 1.807) is 6.07 Å². The van der Waals surface area contributed by atoms with Gasteiger partial charge in [0.25, 0.3) is 5.56 Å². The maximum Gasteiger partial charge on any atom is 0.261 e. The Hall–Kier alpha value is -1.78. The number of unbranched alkanes of at least 4 members (excludes halogenated alkanes) is 1. The number of hydrogen-bond donors (Lipinski definition) is 2. The Kier molecular flexibility index (Phi) is 2.45. The molecule has 0 unspecified atom stereocenters. The van der Waals surface area contributed by atoms with Crippen molar-refractivity contribution >= 4 is 17.0 Å². The van der Waals surface area contributed by atoms with Gasteiger partial charge in [0, 0.05) is 12.7 Å². The number of nitrogens with two attached hydrogens (primary N) is 1. The van der Waals surface area contributed by atoms with Crippen LogP contribution in [-0.2, 0) is 6.54 Å². The van der Waals surface area contributed by atoms with Gasteiger partial charge in [0.2, 0.25) is 5.95 Å². The number of nitrogen functional groups attached to an aromatic ring is 1. The molecule has 0 radical (unpaired) electrons. The Labute approximate surface area is 86.9 Å². The number of nitrogens with zero attached hydrogens (tertiary/aromatic N) is 2. The molecule has 5 nitrogen and oxygen atoms in total. The van der Waals surface area contributed by atoms with Crippen molar-refractivity contribution in [3.8, 4) is 0 Å². The van der Waals surface area contributed by atoms with E-state index in [2.05, 4.69) is 16.9 Å². The predicted octanol–water partition coefficient (Wildman–Crippen LogP) is 1.11. The first-order chi connectivity index (χ1) is 7.22. The Morgan fingerprint density at radius 1 is 1.60 bits per heavy atom. The number of anilines is 1. The molecule has 0 aromatic carbocycles. The summed E-state index contributed by atoms with van der Waals surface area (Å²) in [5, 5.41) is 0.598. The molecule has 80 valence electrons. The predicted molar refractivity (Wildman–Crippen MR) is 59.7 cm³/mol. The fourth-order valence-electron chi connectivity index (χ4n) is 1.60. The van der Waals surface area contributed by atoms with Crippen molar-refractivity contribution in [2.75, 3.05) is 5.73 Å². The molecule has 5 heteroatoms. The van der Waals surface area contributed by atoms with Gasteiger partial charge in [-0.05, 0) is 12.5 Å². The summed E-state index contributed by atoms with van der Waals surface area (Å²) < 4.78 is 1.96. The highest BCUT2D eigenvalue weighted by atomic mass is 16.1. The van der Waals surface area contributed by atoms with Gasteiger partial charge in [-0.2, -0.15) is 4.98 Å². The highest BCUT2D eigenvalue weighted by molar-refractivity contribution is 5.75. The van der Waals surface area contributed by atoms with E-state index >= 15 is 0 Å². The van der Waals surface area contributed by atoms with Crippen molar-refractivity contribution in [2.24, 2.45) is 0 Å². The van der Waals surface area contributed by atoms with Gasteiger partial charge in [-0.15, -0.1) is 0 Å². The number of aryl methyl sites for hydroxylation is 1. The third kappa shape index (κ3) is 1.72. The lowest BCUT2D eigenvalue weighted by molar-refractivity contribution is 0.646. The molecule has 3 N–H and O–H groups in total. The number of hydrogen-bond acceptors (Lipinski definition) is 3. The van der Waals surface area contributed by atoms with E-state index in [4.69, 9.17) is 5.73 Å². The minimum Gasteiger partial charge on any atom is -0.369 e. The largest absolute Gasteiger partial charge is 0.369 e. The lowest BCUT2D eigenvalue weighted by atomic mass is 10.3. The molecule has 0 spiro atoms. The smallest absolute Gasteiger partial charge is 0.261 e. The first-order valence-corrected chi connectivity index (χ1v) is 5.07. The minimum absolute atomic E-state index is 0.170. The van der Waals surface area contributed by atoms with E-state index in [1.807, 2.05) is 10.8 Å². The van der Waals surface area contributed by atoms with E-state index in [1.165, 1.54) is 0 Å². The molecule has 15 heavy (non-hydrogen) atoms. The molecule has 2 heterocycles. The Morgan fingerprint density at radius 3 is 3.13 bits per heavy atom. The van der Waals surface area contributed by atoms with Crippen LogP contribution in [0.1, 0.15) is 19.8 Å². The van der Waals surface area contributed by atoms with Crippen LogP contribution in [0.25, 0.3) is 11.0 Å². The van der Waals surface area contributed by atoms with E-state index < -0.39 is 0 Å². The zero-order valence-corrected chi connectivity index (χ0v) is 8.66. The van der Waals surface area contributed by atoms with Crippen LogP contribution in [0.3, 0.4) is 0 Å². The lowest BCUT2D eigenvalue weighted by Crippen LogP contribution is -2.11. The van der Waals surface area contributed by atoms with Gasteiger partial charge < -0.3 is 10.3 Å². The van der Waals surface area contributed by atoms with Crippen molar-refractivity contribution < 1.29 is 0 Å². The monoisotopic (exact) mass is 206 g/mol. The van der Waals surface area contributed by atoms with Crippen molar-refractivity contribution in [1.29, 1.82) is 0 Å². The fourth-order valence-corrected chi connectivity index (χ4v) is 1.60. The number of nitrogens with one attached hydrogen (secondary N) is 1. The third-order valence-electron chi connectivity index (χ3n) is 2.40. The van der Waals surface area contributed by atoms with Crippen LogP contribution in [0.15, 0.2) is 17.1 Å². The summed E-state index contributed by atoms with van der Waals surface area (Å²) in [5.41, 5.74) is 6.00. The first kappa shape index (κ1) is 9.76. The zero-order valence-electron chi connectivity index (χ0n) is 8.66. The molecule has 2 rings (SSSR count). The summed E-state index contributed by atoms with van der Waals surface area (Å²) in [7, 11) is 0. The molecule has 0 fully saturated rings. The first-order valence-electron chi connectivity index (χ1n) is 5.07. The van der Waals surface area contributed by atoms with E-state index in [0.717, 1.165) is 19.4 Å². The van der Waals surface area contributed by atoms with Crippen LogP contribution in [0, 0.1) is 0 Å². The second kappa shape index (κ2) is 3.76. The SMILES string of the molecule is CCCCn1ccc2c(=O)[nH]c(N)nc21. The second-order valence-electron chi connectivity index (χ2n) is 3.55. The summed E-state index contributed by atoms with van der Waals surface area (Å²) in [6.45, 7) is 3.00. The normalized spacial score (nSPS) is 11.0. The standard InChI is InChI=1S/C10H14N4O/c1-2-3-5-14-6-4-7-8(14)12-10(11)13-9(7)15/h4,6H,2-3,5H2,1H3,(H3,11,12,13,15). The summed E-state index contributed by atoms with van der Waals surface area (Å²) in [6.07, 6.45) is 4.05. The molecule has 0 saturated heterocycles. The van der Waals surface area contributed by atoms with Crippen LogP contribution in [0.4, 0.5) is 5.95 Å². The van der Waals surface area contributed by atoms with Crippen LogP contribution >= 0.6 is 0 Å². The minimum atomic E-state index is -0.173. The molecule has 0 amide bonds. The average Bonchev–Trinajstić information content (AvgIpc) is 2.58. The van der Waals surface area contributed by atoms with Crippen molar-refractivity contribution in [3.63, 3.8) is 0 Å². The highest BCUT2D eigenvalue weighted by Gasteiger charge is 2.06. The molecule has 0 saturated carbocycles. The van der Waals surface area contributed by atoms with Gasteiger partial charge >= 0.3 is 0 Å². The van der Waals surface area contributed by atoms with Crippen LogP contribution in [0.5, 0.6) is 0 Å². The molecule has 0 atom stereocenters. The topological polar surface area (TPSA) is 76.7 Å². The van der Waals surface area contributed by atoms with E-state index in [0.29, 0.717) is 11.0 Å². The van der Waals surface area contributed by atoms with Gasteiger partial charge in [-0.3, -0.25) is 9.78 Å². The molecule has 0 aliphatic heterocycles. The summed E-state index contributed by atoms with van der Waals surface area (Å²) in [5.74, 6) is 0.170. The molecule has 2 aromatic rings. The van der Waals surface area contributed by atoms with Gasteiger partial charge in [0.05, 0.1) is 5.39 Å². The quantitative estimate of drug-likeness (QED) is 0.789. The van der Waals surface area contributed by atoms with E-state index in [9.17, 15) is 4.79 Å². The number of aromatic amines is 1. The lowest BCUT2D eigenvalue weighted by Gasteiger charge is -2.02. The third-order valence-corrected chi connectivity index (χ3v) is 2.40. The van der Waals surface area contributed by atoms with Crippen molar-refractivity contribution in [2.45, 2.75) is 26.3 Å². The van der Waals surface area contributed by atoms with Gasteiger partial charge in [0.1, 0.15) is 5.65 Å². The van der Waals surface area contributed by atoms with Gasteiger partial charge in [0.15, 0.2) is 0 Å². The number of H-pyrrole nitrogens is 1. The molecule has 0 bridgehead atoms. The maximum atomic E-state index is 11.5. The van der Waals surface area contributed by atoms with Crippen molar-refractivity contribution in [1.82, 2.24) is 14.5 Å². The highest BCUT2D eigenvalue weighted by Crippen LogP contribution is 2.10. The van der Waals surface area contributed by atoms with Gasteiger partial charge in [-0.1, -0.05) is 13.3 Å². The number of fused-ring (bicyclic) bond motifs is 1. The summed E-state index contributed by atoms with van der Waals surface area (Å²) >= 11 is 0. The maximum absolute atomic E-state index is 11.5. The van der Waals surface area contributed by atoms with Gasteiger partial charge in [-0.25, -0.2) is 0 Å². The zero-order chi connectivity index (χ0) is 10.8. The molecule has 0 aliphatic carbocycles. The fraction of sp³-hybridized carbons (Fsp3) is 0.400. The number of rotatable bonds is 3. The van der Waals surface area contributed by atoms with Crippen molar-refractivity contribution in [3.05, 3.63) is 22.6 Å². The van der Waals surface area contributed by atoms with Crippen LogP contribution in [-0.4, -0.2) is 14.5 Å². The second-order valence-corrected chi connectivity index (χ2v) is 3.55. The van der Waals surface area contributed by atoms with Crippen LogP contribution in [0.2, 0.25) is 0 Å². The van der Waals surface area contributed by atoms with E-state index in [-0.39, 0.29) is 11.5 Å². The average molecular weight is 206 g/mol. The molecular weight excluding hydrogens is 192 g/mol.